The molecule has 0 spiro atoms. The summed E-state index contributed by atoms with van der Waals surface area (Å²) in [6, 6.07) is 7.70. The van der Waals surface area contributed by atoms with Gasteiger partial charge in [0.2, 0.25) is 5.91 Å². The van der Waals surface area contributed by atoms with Crippen LogP contribution in [0.15, 0.2) is 29.6 Å². The highest BCUT2D eigenvalue weighted by molar-refractivity contribution is 7.15. The number of carbonyl (C=O) groups excluding carboxylic acids is 2. The van der Waals surface area contributed by atoms with Crippen molar-refractivity contribution in [3.8, 4) is 11.1 Å². The number of hydrogen-bond donors (Lipinski definition) is 2. The van der Waals surface area contributed by atoms with E-state index in [1.807, 2.05) is 38.1 Å². The van der Waals surface area contributed by atoms with E-state index in [4.69, 9.17) is 9.84 Å². The van der Waals surface area contributed by atoms with E-state index in [9.17, 15) is 14.4 Å². The largest absolute Gasteiger partial charge is 0.481 e. The lowest BCUT2D eigenvalue weighted by Crippen LogP contribution is -2.15. The molecule has 0 unspecified atom stereocenters. The maximum Gasteiger partial charge on any atom is 0.341 e. The molecule has 0 atom stereocenters. The van der Waals surface area contributed by atoms with Crippen LogP contribution >= 0.6 is 11.3 Å². The molecular formula is C19H21NO5S. The van der Waals surface area contributed by atoms with Gasteiger partial charge in [-0.25, -0.2) is 4.79 Å². The Morgan fingerprint density at radius 3 is 2.46 bits per heavy atom. The van der Waals surface area contributed by atoms with Crippen LogP contribution in [0.3, 0.4) is 0 Å². The van der Waals surface area contributed by atoms with Crippen molar-refractivity contribution in [3.05, 3.63) is 40.8 Å². The SMILES string of the molecule is CCCOC(=O)c1c(-c2ccc(C)cc2)csc1NC(=O)CCC(=O)O. The molecule has 0 saturated heterocycles. The van der Waals surface area contributed by atoms with Crippen molar-refractivity contribution in [2.75, 3.05) is 11.9 Å². The zero-order valence-electron chi connectivity index (χ0n) is 14.7. The van der Waals surface area contributed by atoms with Gasteiger partial charge >= 0.3 is 11.9 Å². The molecule has 0 saturated carbocycles. The number of hydrogen-bond acceptors (Lipinski definition) is 5. The number of amides is 1. The summed E-state index contributed by atoms with van der Waals surface area (Å²) in [7, 11) is 0. The zero-order chi connectivity index (χ0) is 19.1. The van der Waals surface area contributed by atoms with Gasteiger partial charge in [-0.2, -0.15) is 0 Å². The highest BCUT2D eigenvalue weighted by Crippen LogP contribution is 2.36. The Hall–Kier alpha value is -2.67. The standard InChI is InChI=1S/C19H21NO5S/c1-3-10-25-19(24)17-14(13-6-4-12(2)5-7-13)11-26-18(17)20-15(21)8-9-16(22)23/h4-7,11H,3,8-10H2,1-2H3,(H,20,21)(H,22,23). The summed E-state index contributed by atoms with van der Waals surface area (Å²) in [5.41, 5.74) is 2.93. The molecular weight excluding hydrogens is 354 g/mol. The van der Waals surface area contributed by atoms with E-state index in [0.717, 1.165) is 11.1 Å². The highest BCUT2D eigenvalue weighted by Gasteiger charge is 2.23. The van der Waals surface area contributed by atoms with E-state index in [1.165, 1.54) is 11.3 Å². The van der Waals surface area contributed by atoms with Gasteiger partial charge in [0.25, 0.3) is 0 Å². The average Bonchev–Trinajstić information content (AvgIpc) is 3.02. The van der Waals surface area contributed by atoms with E-state index in [-0.39, 0.29) is 19.4 Å². The van der Waals surface area contributed by atoms with Crippen LogP contribution in [0.1, 0.15) is 42.1 Å². The molecule has 1 aromatic heterocycles. The first-order valence-electron chi connectivity index (χ1n) is 8.29. The molecule has 1 aromatic carbocycles. The first-order valence-corrected chi connectivity index (χ1v) is 9.17. The number of ether oxygens (including phenoxy) is 1. The summed E-state index contributed by atoms with van der Waals surface area (Å²) >= 11 is 1.22. The summed E-state index contributed by atoms with van der Waals surface area (Å²) in [5.74, 6) is -2.00. The maximum absolute atomic E-state index is 12.5. The second kappa shape index (κ2) is 9.15. The minimum atomic E-state index is -1.05. The molecule has 6 nitrogen and oxygen atoms in total. The van der Waals surface area contributed by atoms with Gasteiger partial charge in [0.05, 0.1) is 13.0 Å². The number of carboxylic acid groups (broad SMARTS) is 1. The molecule has 1 heterocycles. The van der Waals surface area contributed by atoms with Crippen LogP contribution in [0.5, 0.6) is 0 Å². The van der Waals surface area contributed by atoms with Crippen LogP contribution < -0.4 is 5.32 Å². The van der Waals surface area contributed by atoms with Crippen LogP contribution in [-0.2, 0) is 14.3 Å². The van der Waals surface area contributed by atoms with Crippen molar-refractivity contribution in [2.45, 2.75) is 33.1 Å². The fourth-order valence-corrected chi connectivity index (χ4v) is 3.25. The maximum atomic E-state index is 12.5. The number of nitrogens with one attached hydrogen (secondary N) is 1. The Bertz CT molecular complexity index is 795. The van der Waals surface area contributed by atoms with Gasteiger partial charge in [-0.05, 0) is 18.9 Å². The average molecular weight is 375 g/mol. The number of esters is 1. The van der Waals surface area contributed by atoms with E-state index < -0.39 is 17.8 Å². The molecule has 0 bridgehead atoms. The quantitative estimate of drug-likeness (QED) is 0.678. The molecule has 1 amide bonds. The molecule has 138 valence electrons. The number of carboxylic acids is 1. The van der Waals surface area contributed by atoms with Crippen molar-refractivity contribution in [1.29, 1.82) is 0 Å². The molecule has 2 N–H and O–H groups in total. The van der Waals surface area contributed by atoms with Crippen molar-refractivity contribution in [3.63, 3.8) is 0 Å². The predicted molar refractivity (Wildman–Crippen MR) is 101 cm³/mol. The third-order valence-corrected chi connectivity index (χ3v) is 4.51. The molecule has 0 aliphatic carbocycles. The minimum absolute atomic E-state index is 0.156. The second-order valence-corrected chi connectivity index (χ2v) is 6.68. The van der Waals surface area contributed by atoms with E-state index in [1.54, 1.807) is 5.38 Å². The predicted octanol–water partition coefficient (Wildman–Crippen LogP) is 4.09. The summed E-state index contributed by atoms with van der Waals surface area (Å²) in [6.07, 6.45) is 0.268. The zero-order valence-corrected chi connectivity index (χ0v) is 15.5. The Morgan fingerprint density at radius 1 is 1.15 bits per heavy atom. The molecule has 0 radical (unpaired) electrons. The molecule has 0 aliphatic heterocycles. The lowest BCUT2D eigenvalue weighted by atomic mass is 10.0. The smallest absolute Gasteiger partial charge is 0.341 e. The summed E-state index contributed by atoms with van der Waals surface area (Å²) < 4.78 is 5.26. The van der Waals surface area contributed by atoms with Crippen LogP contribution in [0.4, 0.5) is 5.00 Å². The number of aryl methyl sites for hydroxylation is 1. The number of anilines is 1. The molecule has 2 rings (SSSR count). The molecule has 7 heteroatoms. The molecule has 26 heavy (non-hydrogen) atoms. The monoisotopic (exact) mass is 375 g/mol. The van der Waals surface area contributed by atoms with Gasteiger partial charge in [0.1, 0.15) is 10.6 Å². The van der Waals surface area contributed by atoms with Crippen molar-refractivity contribution >= 4 is 34.2 Å². The van der Waals surface area contributed by atoms with Crippen LogP contribution in [0.25, 0.3) is 11.1 Å². The minimum Gasteiger partial charge on any atom is -0.481 e. The number of thiophene rings is 1. The number of aliphatic carboxylic acids is 1. The third-order valence-electron chi connectivity index (χ3n) is 3.61. The molecule has 0 fully saturated rings. The van der Waals surface area contributed by atoms with Gasteiger partial charge in [-0.1, -0.05) is 36.8 Å². The summed E-state index contributed by atoms with van der Waals surface area (Å²) in [4.78, 5) is 35.1. The third kappa shape index (κ3) is 5.16. The Labute approximate surface area is 155 Å². The van der Waals surface area contributed by atoms with Crippen LogP contribution in [-0.4, -0.2) is 29.6 Å². The Balaban J connectivity index is 2.32. The topological polar surface area (TPSA) is 92.7 Å². The van der Waals surface area contributed by atoms with Crippen LogP contribution in [0, 0.1) is 6.92 Å². The summed E-state index contributed by atoms with van der Waals surface area (Å²) in [5, 5.41) is 13.5. The van der Waals surface area contributed by atoms with Gasteiger partial charge in [-0.3, -0.25) is 9.59 Å². The number of carbonyl (C=O) groups is 3. The van der Waals surface area contributed by atoms with Gasteiger partial charge in [-0.15, -0.1) is 11.3 Å². The molecule has 2 aromatic rings. The van der Waals surface area contributed by atoms with E-state index in [2.05, 4.69) is 5.32 Å². The Morgan fingerprint density at radius 2 is 1.85 bits per heavy atom. The normalized spacial score (nSPS) is 10.4. The van der Waals surface area contributed by atoms with E-state index in [0.29, 0.717) is 22.5 Å². The lowest BCUT2D eigenvalue weighted by molar-refractivity contribution is -0.138. The van der Waals surface area contributed by atoms with Gasteiger partial charge in [0, 0.05) is 17.4 Å². The first-order chi connectivity index (χ1) is 12.4. The fourth-order valence-electron chi connectivity index (χ4n) is 2.27. The molecule has 0 aliphatic rings. The van der Waals surface area contributed by atoms with Crippen molar-refractivity contribution in [1.82, 2.24) is 0 Å². The number of rotatable bonds is 8. The van der Waals surface area contributed by atoms with Gasteiger partial charge < -0.3 is 15.2 Å². The Kier molecular flexibility index (Phi) is 6.91. The van der Waals surface area contributed by atoms with Crippen molar-refractivity contribution in [2.24, 2.45) is 0 Å². The summed E-state index contributed by atoms with van der Waals surface area (Å²) in [6.45, 7) is 4.16. The second-order valence-electron chi connectivity index (χ2n) is 5.80. The van der Waals surface area contributed by atoms with Crippen molar-refractivity contribution < 1.29 is 24.2 Å². The van der Waals surface area contributed by atoms with Gasteiger partial charge in [0.15, 0.2) is 0 Å². The first kappa shape index (κ1) is 19.7. The number of benzene rings is 1. The van der Waals surface area contributed by atoms with Crippen LogP contribution in [0.2, 0.25) is 0 Å². The van der Waals surface area contributed by atoms with E-state index >= 15 is 0 Å². The lowest BCUT2D eigenvalue weighted by Gasteiger charge is -2.09. The highest BCUT2D eigenvalue weighted by atomic mass is 32.1. The fraction of sp³-hybridized carbons (Fsp3) is 0.316.